The summed E-state index contributed by atoms with van der Waals surface area (Å²) >= 11 is 10.6. The molecule has 32 heavy (non-hydrogen) atoms. The van der Waals surface area contributed by atoms with Crippen molar-refractivity contribution in [2.24, 2.45) is 0 Å². The van der Waals surface area contributed by atoms with Gasteiger partial charge in [-0.05, 0) is 41.8 Å². The Bertz CT molecular complexity index is 1090. The average Bonchev–Trinajstić information content (AvgIpc) is 3.40. The summed E-state index contributed by atoms with van der Waals surface area (Å²) in [6.07, 6.45) is 1.06. The van der Waals surface area contributed by atoms with Gasteiger partial charge in [0.2, 0.25) is 11.0 Å². The van der Waals surface area contributed by atoms with Crippen molar-refractivity contribution >= 4 is 63.4 Å². The molecule has 0 radical (unpaired) electrons. The number of carbonyl (C=O) groups excluding carboxylic acids is 2. The fourth-order valence-corrected chi connectivity index (χ4v) is 6.15. The number of carbonyl (C=O) groups is 2. The Morgan fingerprint density at radius 1 is 1.19 bits per heavy atom. The van der Waals surface area contributed by atoms with Crippen LogP contribution in [0.2, 0.25) is 5.02 Å². The smallest absolute Gasteiger partial charge is 0.257 e. The van der Waals surface area contributed by atoms with Crippen LogP contribution >= 0.6 is 46.5 Å². The summed E-state index contributed by atoms with van der Waals surface area (Å²) < 4.78 is 0.848. The summed E-state index contributed by atoms with van der Waals surface area (Å²) in [6.45, 7) is 2.63. The number of hydrogen-bond acceptors (Lipinski definition) is 7. The maximum Gasteiger partial charge on any atom is 0.257 e. The first-order valence-corrected chi connectivity index (χ1v) is 13.3. The Morgan fingerprint density at radius 2 is 1.94 bits per heavy atom. The lowest BCUT2D eigenvalue weighted by Crippen LogP contribution is -2.27. The highest BCUT2D eigenvalue weighted by Gasteiger charge is 2.32. The van der Waals surface area contributed by atoms with Crippen LogP contribution in [0.3, 0.4) is 0 Å². The second-order valence-electron chi connectivity index (χ2n) is 7.11. The van der Waals surface area contributed by atoms with Crippen LogP contribution in [-0.4, -0.2) is 38.4 Å². The van der Waals surface area contributed by atoms with E-state index in [1.807, 2.05) is 41.3 Å². The minimum atomic E-state index is -0.229. The third-order valence-electron chi connectivity index (χ3n) is 4.75. The van der Waals surface area contributed by atoms with Crippen LogP contribution in [0.5, 0.6) is 0 Å². The molecule has 2 amide bonds. The van der Waals surface area contributed by atoms with E-state index in [-0.39, 0.29) is 17.2 Å². The lowest BCUT2D eigenvalue weighted by molar-refractivity contribution is -0.128. The largest absolute Gasteiger partial charge is 0.322 e. The Morgan fingerprint density at radius 3 is 2.66 bits per heavy atom. The Balaban J connectivity index is 1.41. The highest BCUT2D eigenvalue weighted by molar-refractivity contribution is 8.01. The van der Waals surface area contributed by atoms with Crippen molar-refractivity contribution in [3.05, 3.63) is 70.2 Å². The lowest BCUT2D eigenvalue weighted by atomic mass is 10.1. The van der Waals surface area contributed by atoms with Gasteiger partial charge in [-0.15, -0.1) is 22.0 Å². The molecule has 0 spiro atoms. The van der Waals surface area contributed by atoms with Gasteiger partial charge in [0.05, 0.1) is 5.75 Å². The monoisotopic (exact) mass is 504 g/mol. The average molecular weight is 505 g/mol. The zero-order valence-corrected chi connectivity index (χ0v) is 20.5. The number of nitrogens with one attached hydrogen (secondary N) is 1. The van der Waals surface area contributed by atoms with Gasteiger partial charge >= 0.3 is 0 Å². The molecular formula is C22H21ClN4O2S3. The standard InChI is InChI=1S/C22H21ClN4O2S3/c1-2-11-30-22-26-25-21(32-22)24-19(29)15-5-7-16(8-6-15)20-27(18(28)13-31-20)12-14-3-9-17(23)10-4-14/h3-10,20H,2,11-13H2,1H3,(H,24,25,29)/t20-/m1/s1. The van der Waals surface area contributed by atoms with Crippen LogP contribution in [0.25, 0.3) is 0 Å². The molecule has 0 aliphatic carbocycles. The molecule has 0 unspecified atom stereocenters. The highest BCUT2D eigenvalue weighted by Crippen LogP contribution is 2.39. The molecule has 0 bridgehead atoms. The van der Waals surface area contributed by atoms with Gasteiger partial charge in [0.1, 0.15) is 5.37 Å². The van der Waals surface area contributed by atoms with Gasteiger partial charge in [0.25, 0.3) is 5.91 Å². The molecule has 0 saturated carbocycles. The van der Waals surface area contributed by atoms with Crippen LogP contribution in [0, 0.1) is 0 Å². The van der Waals surface area contributed by atoms with Crippen molar-refractivity contribution in [2.75, 3.05) is 16.8 Å². The quantitative estimate of drug-likeness (QED) is 0.312. The molecule has 4 rings (SSSR count). The number of thioether (sulfide) groups is 2. The predicted octanol–water partition coefficient (Wildman–Crippen LogP) is 5.72. The van der Waals surface area contributed by atoms with Crippen LogP contribution in [-0.2, 0) is 11.3 Å². The summed E-state index contributed by atoms with van der Waals surface area (Å²) in [5.41, 5.74) is 2.55. The second kappa shape index (κ2) is 10.7. The van der Waals surface area contributed by atoms with E-state index in [9.17, 15) is 9.59 Å². The van der Waals surface area contributed by atoms with Crippen molar-refractivity contribution in [3.63, 3.8) is 0 Å². The first kappa shape index (κ1) is 23.1. The maximum atomic E-state index is 12.6. The van der Waals surface area contributed by atoms with Gasteiger partial charge < -0.3 is 4.90 Å². The maximum absolute atomic E-state index is 12.6. The van der Waals surface area contributed by atoms with Crippen LogP contribution in [0.4, 0.5) is 5.13 Å². The van der Waals surface area contributed by atoms with Gasteiger partial charge in [-0.2, -0.15) is 0 Å². The van der Waals surface area contributed by atoms with Crippen molar-refractivity contribution < 1.29 is 9.59 Å². The lowest BCUT2D eigenvalue weighted by Gasteiger charge is -2.24. The fourth-order valence-electron chi connectivity index (χ4n) is 3.16. The van der Waals surface area contributed by atoms with E-state index in [4.69, 9.17) is 11.6 Å². The zero-order valence-electron chi connectivity index (χ0n) is 17.3. The first-order chi connectivity index (χ1) is 15.5. The number of anilines is 1. The van der Waals surface area contributed by atoms with Crippen molar-refractivity contribution in [1.82, 2.24) is 15.1 Å². The number of rotatable bonds is 8. The van der Waals surface area contributed by atoms with E-state index in [0.29, 0.717) is 28.0 Å². The van der Waals surface area contributed by atoms with Crippen molar-refractivity contribution in [3.8, 4) is 0 Å². The number of aromatic nitrogens is 2. The summed E-state index contributed by atoms with van der Waals surface area (Å²) in [7, 11) is 0. The molecule has 2 aromatic carbocycles. The van der Waals surface area contributed by atoms with Gasteiger partial charge in [-0.1, -0.05) is 65.9 Å². The second-order valence-corrected chi connectivity index (χ2v) is 10.9. The molecule has 1 aliphatic heterocycles. The number of hydrogen-bond donors (Lipinski definition) is 1. The van der Waals surface area contributed by atoms with E-state index in [2.05, 4.69) is 22.4 Å². The molecule has 10 heteroatoms. The van der Waals surface area contributed by atoms with E-state index < -0.39 is 0 Å². The third kappa shape index (κ3) is 5.64. The molecule has 1 fully saturated rings. The van der Waals surface area contributed by atoms with Gasteiger partial charge in [0, 0.05) is 22.9 Å². The minimum Gasteiger partial charge on any atom is -0.322 e. The van der Waals surface area contributed by atoms with Gasteiger partial charge in [0.15, 0.2) is 4.34 Å². The van der Waals surface area contributed by atoms with Crippen LogP contribution in [0.1, 0.15) is 40.2 Å². The van der Waals surface area contributed by atoms with Gasteiger partial charge in [-0.25, -0.2) is 0 Å². The number of halogens is 1. The Kier molecular flexibility index (Phi) is 7.72. The Labute approximate surface area is 204 Å². The predicted molar refractivity (Wildman–Crippen MR) is 133 cm³/mol. The molecule has 1 aromatic heterocycles. The summed E-state index contributed by atoms with van der Waals surface area (Å²) in [4.78, 5) is 26.9. The van der Waals surface area contributed by atoms with E-state index in [0.717, 1.165) is 27.6 Å². The van der Waals surface area contributed by atoms with E-state index in [1.165, 1.54) is 11.3 Å². The zero-order chi connectivity index (χ0) is 22.5. The Hall–Kier alpha value is -2.07. The first-order valence-electron chi connectivity index (χ1n) is 10.1. The fraction of sp³-hybridized carbons (Fsp3) is 0.273. The molecule has 6 nitrogen and oxygen atoms in total. The third-order valence-corrected chi connectivity index (χ3v) is 8.43. The van der Waals surface area contributed by atoms with Crippen LogP contribution in [0.15, 0.2) is 52.9 Å². The SMILES string of the molecule is CCCSc1nnc(NC(=O)c2ccc([C@H]3SCC(=O)N3Cc3ccc(Cl)cc3)cc2)s1. The number of benzene rings is 2. The topological polar surface area (TPSA) is 75.2 Å². The molecule has 1 aliphatic rings. The molecule has 166 valence electrons. The number of nitrogens with zero attached hydrogens (tertiary/aromatic N) is 3. The summed E-state index contributed by atoms with van der Waals surface area (Å²) in [6, 6.07) is 14.9. The van der Waals surface area contributed by atoms with E-state index in [1.54, 1.807) is 35.7 Å². The molecule has 3 aromatic rings. The van der Waals surface area contributed by atoms with E-state index >= 15 is 0 Å². The molecular weight excluding hydrogens is 484 g/mol. The molecule has 1 saturated heterocycles. The van der Waals surface area contributed by atoms with Crippen molar-refractivity contribution in [1.29, 1.82) is 0 Å². The highest BCUT2D eigenvalue weighted by atomic mass is 35.5. The molecule has 1 N–H and O–H groups in total. The van der Waals surface area contributed by atoms with Gasteiger partial charge in [-0.3, -0.25) is 14.9 Å². The normalized spacial score (nSPS) is 15.9. The van der Waals surface area contributed by atoms with Crippen molar-refractivity contribution in [2.45, 2.75) is 29.6 Å². The minimum absolute atomic E-state index is 0.0865. The summed E-state index contributed by atoms with van der Waals surface area (Å²) in [5.74, 6) is 1.29. The molecule has 2 heterocycles. The number of amides is 2. The van der Waals surface area contributed by atoms with Crippen LogP contribution < -0.4 is 5.32 Å². The summed E-state index contributed by atoms with van der Waals surface area (Å²) in [5, 5.41) is 12.0. The molecule has 1 atom stereocenters.